The minimum absolute atomic E-state index is 0.232. The summed E-state index contributed by atoms with van der Waals surface area (Å²) in [5, 5.41) is 21.1. The highest BCUT2D eigenvalue weighted by Gasteiger charge is 2.22. The third-order valence-corrected chi connectivity index (χ3v) is 4.17. The average molecular weight is 367 g/mol. The van der Waals surface area contributed by atoms with Crippen LogP contribution in [0.25, 0.3) is 11.1 Å². The first kappa shape index (κ1) is 20.6. The number of aromatic hydroxyl groups is 1. The van der Waals surface area contributed by atoms with Crippen molar-refractivity contribution in [2.75, 3.05) is 0 Å². The van der Waals surface area contributed by atoms with Gasteiger partial charge < -0.3 is 10.4 Å². The predicted molar refractivity (Wildman–Crippen MR) is 109 cm³/mol. The second-order valence-corrected chi connectivity index (χ2v) is 7.36. The lowest BCUT2D eigenvalue weighted by Gasteiger charge is -2.20. The van der Waals surface area contributed by atoms with E-state index in [0.29, 0.717) is 5.69 Å². The number of allylic oxidation sites excluding steroid dienone is 2. The molecule has 3 rings (SSSR count). The Morgan fingerprint density at radius 2 is 1.78 bits per heavy atom. The van der Waals surface area contributed by atoms with Crippen molar-refractivity contribution < 1.29 is 9.90 Å². The van der Waals surface area contributed by atoms with E-state index < -0.39 is 0 Å². The van der Waals surface area contributed by atoms with Gasteiger partial charge in [-0.3, -0.25) is 4.79 Å². The molecule has 0 aliphatic heterocycles. The highest BCUT2D eigenvalue weighted by Crippen LogP contribution is 2.42. The van der Waals surface area contributed by atoms with Crippen LogP contribution in [0, 0.1) is 0 Å². The normalized spacial score (nSPS) is 13.8. The molecule has 2 N–H and O–H groups in total. The van der Waals surface area contributed by atoms with Crippen LogP contribution in [0.2, 0.25) is 0 Å². The molecule has 1 aliphatic rings. The van der Waals surface area contributed by atoms with Gasteiger partial charge in [0, 0.05) is 16.7 Å². The van der Waals surface area contributed by atoms with Crippen LogP contribution < -0.4 is 5.32 Å². The Bertz CT molecular complexity index is 835. The zero-order valence-electron chi connectivity index (χ0n) is 16.8. The molecule has 0 saturated heterocycles. The van der Waals surface area contributed by atoms with Gasteiger partial charge in [0.25, 0.3) is 5.91 Å². The molecule has 27 heavy (non-hydrogen) atoms. The Kier molecular flexibility index (Phi) is 6.72. The molecule has 1 aromatic carbocycles. The Hall–Kier alpha value is -2.69. The third kappa shape index (κ3) is 5.16. The fourth-order valence-corrected chi connectivity index (χ4v) is 3.14. The first-order valence-corrected chi connectivity index (χ1v) is 9.51. The highest BCUT2D eigenvalue weighted by molar-refractivity contribution is 5.97. The Morgan fingerprint density at radius 1 is 1.11 bits per heavy atom. The van der Waals surface area contributed by atoms with Gasteiger partial charge in [0.15, 0.2) is 5.69 Å². The number of carbonyl (C=O) groups is 1. The number of rotatable bonds is 3. The molecule has 0 atom stereocenters. The van der Waals surface area contributed by atoms with Gasteiger partial charge in [0.2, 0.25) is 0 Å². The van der Waals surface area contributed by atoms with Gasteiger partial charge >= 0.3 is 0 Å². The molecular formula is C22H29N3O2. The molecule has 0 radical (unpaired) electrons. The van der Waals surface area contributed by atoms with Gasteiger partial charge in [-0.15, -0.1) is 5.10 Å². The van der Waals surface area contributed by atoms with E-state index in [1.54, 1.807) is 18.3 Å². The summed E-state index contributed by atoms with van der Waals surface area (Å²) >= 11 is 0. The summed E-state index contributed by atoms with van der Waals surface area (Å²) in [4.78, 5) is 12.4. The summed E-state index contributed by atoms with van der Waals surface area (Å²) in [6, 6.07) is 9.15. The maximum Gasteiger partial charge on any atom is 0.272 e. The predicted octanol–water partition coefficient (Wildman–Crippen LogP) is 4.83. The largest absolute Gasteiger partial charge is 0.507 e. The minimum Gasteiger partial charge on any atom is -0.507 e. The summed E-state index contributed by atoms with van der Waals surface area (Å²) in [6.45, 7) is 9.79. The average Bonchev–Trinajstić information content (AvgIpc) is 3.12. The van der Waals surface area contributed by atoms with Gasteiger partial charge in [-0.1, -0.05) is 32.0 Å². The van der Waals surface area contributed by atoms with Crippen LogP contribution in [-0.4, -0.2) is 26.7 Å². The summed E-state index contributed by atoms with van der Waals surface area (Å²) in [6.07, 6.45) is 4.51. The van der Waals surface area contributed by atoms with Crippen LogP contribution >= 0.6 is 0 Å². The van der Waals surface area contributed by atoms with Gasteiger partial charge in [0.05, 0.1) is 6.20 Å². The molecule has 144 valence electrons. The molecule has 0 saturated carbocycles. The molecular weight excluding hydrogens is 338 g/mol. The first-order chi connectivity index (χ1) is 12.8. The summed E-state index contributed by atoms with van der Waals surface area (Å²) in [7, 11) is 0. The molecule has 1 aromatic heterocycles. The number of aromatic nitrogens is 2. The van der Waals surface area contributed by atoms with E-state index in [2.05, 4.69) is 15.5 Å². The van der Waals surface area contributed by atoms with Crippen molar-refractivity contribution in [3.8, 4) is 5.75 Å². The molecule has 0 unspecified atom stereocenters. The van der Waals surface area contributed by atoms with Crippen LogP contribution in [0.3, 0.4) is 0 Å². The van der Waals surface area contributed by atoms with Gasteiger partial charge in [-0.2, -0.15) is 5.10 Å². The standard InChI is InChI=1S/C20H23N3O2.C2H6/c1-20(2,3)22-19(25)17-11-13(12-21-23-17)14-8-6-9-15(14)16-7-4-5-10-18(16)24;1-2/h4-5,7,10-12,24H,6,8-9H2,1-3H3,(H,22,25);1-2H3. The van der Waals surface area contributed by atoms with Crippen LogP contribution in [0.15, 0.2) is 36.5 Å². The monoisotopic (exact) mass is 367 g/mol. The maximum absolute atomic E-state index is 12.4. The SMILES string of the molecule is CC.CC(C)(C)NC(=O)c1cc(C2=C(c3ccccc3O)CCC2)cnn1. The molecule has 5 nitrogen and oxygen atoms in total. The number of hydrogen-bond donors (Lipinski definition) is 2. The molecule has 2 aromatic rings. The smallest absolute Gasteiger partial charge is 0.272 e. The van der Waals surface area contributed by atoms with E-state index in [-0.39, 0.29) is 17.2 Å². The van der Waals surface area contributed by atoms with E-state index in [9.17, 15) is 9.90 Å². The van der Waals surface area contributed by atoms with E-state index in [0.717, 1.165) is 41.5 Å². The number of carbonyl (C=O) groups excluding carboxylic acids is 1. The lowest BCUT2D eigenvalue weighted by atomic mass is 9.97. The Balaban J connectivity index is 0.00000126. The van der Waals surface area contributed by atoms with E-state index in [4.69, 9.17) is 0 Å². The quantitative estimate of drug-likeness (QED) is 0.814. The van der Waals surface area contributed by atoms with Crippen LogP contribution in [0.5, 0.6) is 5.75 Å². The molecule has 5 heteroatoms. The van der Waals surface area contributed by atoms with Crippen molar-refractivity contribution in [3.63, 3.8) is 0 Å². The van der Waals surface area contributed by atoms with E-state index in [1.165, 1.54) is 0 Å². The number of benzene rings is 1. The van der Waals surface area contributed by atoms with Crippen molar-refractivity contribution in [1.29, 1.82) is 0 Å². The lowest BCUT2D eigenvalue weighted by molar-refractivity contribution is 0.0913. The van der Waals surface area contributed by atoms with Crippen molar-refractivity contribution in [3.05, 3.63) is 53.3 Å². The highest BCUT2D eigenvalue weighted by atomic mass is 16.3. The molecule has 0 spiro atoms. The molecule has 1 amide bonds. The van der Waals surface area contributed by atoms with Crippen molar-refractivity contribution in [1.82, 2.24) is 15.5 Å². The Morgan fingerprint density at radius 3 is 2.44 bits per heavy atom. The Labute approximate surface area is 161 Å². The number of para-hydroxylation sites is 1. The first-order valence-electron chi connectivity index (χ1n) is 9.51. The fourth-order valence-electron chi connectivity index (χ4n) is 3.14. The minimum atomic E-state index is -0.331. The third-order valence-electron chi connectivity index (χ3n) is 4.17. The summed E-state index contributed by atoms with van der Waals surface area (Å²) < 4.78 is 0. The van der Waals surface area contributed by atoms with E-state index >= 15 is 0 Å². The zero-order chi connectivity index (χ0) is 20.0. The zero-order valence-corrected chi connectivity index (χ0v) is 16.8. The molecule has 1 aliphatic carbocycles. The number of phenolic OH excluding ortho intramolecular Hbond substituents is 1. The van der Waals surface area contributed by atoms with Crippen LogP contribution in [0.1, 0.15) is 75.5 Å². The van der Waals surface area contributed by atoms with Gasteiger partial charge in [0.1, 0.15) is 5.75 Å². The lowest BCUT2D eigenvalue weighted by Crippen LogP contribution is -2.41. The molecule has 1 heterocycles. The maximum atomic E-state index is 12.4. The van der Waals surface area contributed by atoms with Crippen molar-refractivity contribution in [2.24, 2.45) is 0 Å². The van der Waals surface area contributed by atoms with E-state index in [1.807, 2.05) is 52.8 Å². The number of phenols is 1. The number of nitrogens with zero attached hydrogens (tertiary/aromatic N) is 2. The summed E-state index contributed by atoms with van der Waals surface area (Å²) in [5.41, 5.74) is 3.97. The second kappa shape index (κ2) is 8.80. The van der Waals surface area contributed by atoms with Crippen LogP contribution in [0.4, 0.5) is 0 Å². The number of amides is 1. The van der Waals surface area contributed by atoms with Gasteiger partial charge in [-0.05, 0) is 63.3 Å². The second-order valence-electron chi connectivity index (χ2n) is 7.36. The summed E-state index contributed by atoms with van der Waals surface area (Å²) in [5.74, 6) is 0.0502. The number of hydrogen-bond acceptors (Lipinski definition) is 4. The number of nitrogens with one attached hydrogen (secondary N) is 1. The van der Waals surface area contributed by atoms with Crippen molar-refractivity contribution >= 4 is 17.1 Å². The van der Waals surface area contributed by atoms with Gasteiger partial charge in [-0.25, -0.2) is 0 Å². The molecule has 0 fully saturated rings. The molecule has 0 bridgehead atoms. The van der Waals surface area contributed by atoms with Crippen molar-refractivity contribution in [2.45, 2.75) is 59.4 Å². The van der Waals surface area contributed by atoms with Crippen LogP contribution in [-0.2, 0) is 0 Å². The topological polar surface area (TPSA) is 75.1 Å². The fraction of sp³-hybridized carbons (Fsp3) is 0.409.